The van der Waals surface area contributed by atoms with Gasteiger partial charge in [-0.05, 0) is 30.7 Å². The van der Waals surface area contributed by atoms with Crippen LogP contribution in [0.1, 0.15) is 18.1 Å². The van der Waals surface area contributed by atoms with Crippen molar-refractivity contribution in [1.29, 1.82) is 0 Å². The maximum atomic E-state index is 13.3. The number of halogens is 4. The van der Waals surface area contributed by atoms with E-state index in [1.165, 1.54) is 0 Å². The van der Waals surface area contributed by atoms with Crippen LogP contribution in [0.15, 0.2) is 41.7 Å². The van der Waals surface area contributed by atoms with Crippen LogP contribution in [-0.2, 0) is 12.7 Å². The molecule has 0 saturated carbocycles. The highest BCUT2D eigenvalue weighted by molar-refractivity contribution is 5.80. The van der Waals surface area contributed by atoms with E-state index < -0.39 is 17.6 Å². The van der Waals surface area contributed by atoms with E-state index in [0.29, 0.717) is 50.7 Å². The lowest BCUT2D eigenvalue weighted by Gasteiger charge is -2.36. The van der Waals surface area contributed by atoms with Crippen molar-refractivity contribution >= 4 is 11.9 Å². The Kier molecular flexibility index (Phi) is 6.50. The largest absolute Gasteiger partial charge is 0.416 e. The standard InChI is InChI=1S/C19H22F4N6/c1-2-24-17(27-13-14-4-5-15(20)12-16(14)19(21,22)23)28-8-10-29(11-9-28)18-25-6-3-7-26-18/h3-7,12H,2,8-11,13H2,1H3,(H,24,27). The number of piperazine rings is 1. The van der Waals surface area contributed by atoms with Crippen molar-refractivity contribution in [2.75, 3.05) is 37.6 Å². The van der Waals surface area contributed by atoms with Gasteiger partial charge in [0.1, 0.15) is 5.82 Å². The van der Waals surface area contributed by atoms with Gasteiger partial charge in [0.15, 0.2) is 5.96 Å². The van der Waals surface area contributed by atoms with Crippen LogP contribution in [0.2, 0.25) is 0 Å². The first kappa shape index (κ1) is 20.8. The molecule has 10 heteroatoms. The minimum absolute atomic E-state index is 0.0642. The lowest BCUT2D eigenvalue weighted by molar-refractivity contribution is -0.138. The van der Waals surface area contributed by atoms with Crippen LogP contribution in [0.4, 0.5) is 23.5 Å². The average molecular weight is 410 g/mol. The summed E-state index contributed by atoms with van der Waals surface area (Å²) in [6.07, 6.45) is -1.27. The van der Waals surface area contributed by atoms with Crippen molar-refractivity contribution in [3.05, 3.63) is 53.6 Å². The van der Waals surface area contributed by atoms with Gasteiger partial charge in [-0.1, -0.05) is 6.07 Å². The average Bonchev–Trinajstić information content (AvgIpc) is 2.72. The number of rotatable bonds is 4. The molecule has 156 valence electrons. The fourth-order valence-electron chi connectivity index (χ4n) is 3.11. The number of guanidine groups is 1. The SMILES string of the molecule is CCNC(=NCc1ccc(F)cc1C(F)(F)F)N1CCN(c2ncccn2)CC1. The van der Waals surface area contributed by atoms with Gasteiger partial charge in [0, 0.05) is 45.1 Å². The molecule has 1 saturated heterocycles. The summed E-state index contributed by atoms with van der Waals surface area (Å²) < 4.78 is 52.9. The van der Waals surface area contributed by atoms with E-state index in [4.69, 9.17) is 0 Å². The molecule has 0 radical (unpaired) electrons. The number of anilines is 1. The first-order valence-corrected chi connectivity index (χ1v) is 9.29. The molecule has 0 bridgehead atoms. The van der Waals surface area contributed by atoms with Crippen LogP contribution in [0.3, 0.4) is 0 Å². The molecule has 2 heterocycles. The zero-order valence-electron chi connectivity index (χ0n) is 16.0. The van der Waals surface area contributed by atoms with Crippen LogP contribution >= 0.6 is 0 Å². The first-order chi connectivity index (χ1) is 13.9. The van der Waals surface area contributed by atoms with Gasteiger partial charge in [0.2, 0.25) is 5.95 Å². The highest BCUT2D eigenvalue weighted by Gasteiger charge is 2.33. The van der Waals surface area contributed by atoms with Crippen LogP contribution in [-0.4, -0.2) is 53.6 Å². The zero-order valence-corrected chi connectivity index (χ0v) is 16.0. The quantitative estimate of drug-likeness (QED) is 0.477. The van der Waals surface area contributed by atoms with E-state index in [1.807, 2.05) is 16.7 Å². The minimum Gasteiger partial charge on any atom is -0.357 e. The molecule has 0 atom stereocenters. The third-order valence-electron chi connectivity index (χ3n) is 4.53. The fraction of sp³-hybridized carbons (Fsp3) is 0.421. The maximum absolute atomic E-state index is 13.3. The summed E-state index contributed by atoms with van der Waals surface area (Å²) in [6, 6.07) is 4.41. The van der Waals surface area contributed by atoms with E-state index in [1.54, 1.807) is 18.5 Å². The molecule has 29 heavy (non-hydrogen) atoms. The smallest absolute Gasteiger partial charge is 0.357 e. The Hall–Kier alpha value is -2.91. The molecule has 1 N–H and O–H groups in total. The van der Waals surface area contributed by atoms with Crippen molar-refractivity contribution < 1.29 is 17.6 Å². The van der Waals surface area contributed by atoms with Crippen molar-refractivity contribution in [1.82, 2.24) is 20.2 Å². The van der Waals surface area contributed by atoms with Crippen LogP contribution in [0.25, 0.3) is 0 Å². The van der Waals surface area contributed by atoms with E-state index >= 15 is 0 Å². The molecule has 1 aromatic carbocycles. The van der Waals surface area contributed by atoms with Crippen molar-refractivity contribution in [3.63, 3.8) is 0 Å². The number of benzene rings is 1. The van der Waals surface area contributed by atoms with Crippen LogP contribution < -0.4 is 10.2 Å². The maximum Gasteiger partial charge on any atom is 0.416 e. The molecule has 0 amide bonds. The minimum atomic E-state index is -4.63. The summed E-state index contributed by atoms with van der Waals surface area (Å²) in [5.74, 6) is 0.255. The summed E-state index contributed by atoms with van der Waals surface area (Å²) in [6.45, 7) is 4.86. The molecule has 0 unspecified atom stereocenters. The molecule has 2 aromatic rings. The fourth-order valence-corrected chi connectivity index (χ4v) is 3.11. The number of nitrogens with zero attached hydrogens (tertiary/aromatic N) is 5. The number of alkyl halides is 3. The number of hydrogen-bond acceptors (Lipinski definition) is 4. The third-order valence-corrected chi connectivity index (χ3v) is 4.53. The highest BCUT2D eigenvalue weighted by Crippen LogP contribution is 2.32. The summed E-state index contributed by atoms with van der Waals surface area (Å²) in [4.78, 5) is 16.9. The Morgan fingerprint density at radius 1 is 1.14 bits per heavy atom. The number of hydrogen-bond donors (Lipinski definition) is 1. The lowest BCUT2D eigenvalue weighted by atomic mass is 10.1. The molecule has 1 aliphatic rings. The van der Waals surface area contributed by atoms with Crippen molar-refractivity contribution in [2.24, 2.45) is 4.99 Å². The summed E-state index contributed by atoms with van der Waals surface area (Å²) in [5, 5.41) is 3.12. The number of nitrogens with one attached hydrogen (secondary N) is 1. The number of aromatic nitrogens is 2. The van der Waals surface area contributed by atoms with E-state index in [0.717, 1.165) is 12.1 Å². The van der Waals surface area contributed by atoms with Gasteiger partial charge in [-0.25, -0.2) is 19.4 Å². The van der Waals surface area contributed by atoms with Gasteiger partial charge in [-0.15, -0.1) is 0 Å². The molecular formula is C19H22F4N6. The number of aliphatic imine (C=N–C) groups is 1. The van der Waals surface area contributed by atoms with Crippen LogP contribution in [0, 0.1) is 5.82 Å². The third kappa shape index (κ3) is 5.33. The second-order valence-corrected chi connectivity index (χ2v) is 6.49. The Labute approximate surface area is 166 Å². The molecule has 1 aliphatic heterocycles. The van der Waals surface area contributed by atoms with Gasteiger partial charge in [-0.3, -0.25) is 0 Å². The highest BCUT2D eigenvalue weighted by atomic mass is 19.4. The molecule has 1 aromatic heterocycles. The van der Waals surface area contributed by atoms with E-state index in [2.05, 4.69) is 20.3 Å². The Morgan fingerprint density at radius 3 is 2.45 bits per heavy atom. The predicted octanol–water partition coefficient (Wildman–Crippen LogP) is 2.92. The van der Waals surface area contributed by atoms with Gasteiger partial charge in [0.25, 0.3) is 0 Å². The second-order valence-electron chi connectivity index (χ2n) is 6.49. The summed E-state index contributed by atoms with van der Waals surface area (Å²) in [7, 11) is 0. The zero-order chi connectivity index (χ0) is 20.9. The Morgan fingerprint density at radius 2 is 1.83 bits per heavy atom. The monoisotopic (exact) mass is 410 g/mol. The van der Waals surface area contributed by atoms with Crippen LogP contribution in [0.5, 0.6) is 0 Å². The second kappa shape index (κ2) is 9.06. The Bertz CT molecular complexity index is 832. The van der Waals surface area contributed by atoms with Gasteiger partial charge in [0.05, 0.1) is 12.1 Å². The Balaban J connectivity index is 1.72. The van der Waals surface area contributed by atoms with Crippen molar-refractivity contribution in [3.8, 4) is 0 Å². The summed E-state index contributed by atoms with van der Waals surface area (Å²) >= 11 is 0. The lowest BCUT2D eigenvalue weighted by Crippen LogP contribution is -2.53. The van der Waals surface area contributed by atoms with E-state index in [9.17, 15) is 17.6 Å². The van der Waals surface area contributed by atoms with Gasteiger partial charge in [-0.2, -0.15) is 13.2 Å². The molecule has 6 nitrogen and oxygen atoms in total. The molecule has 1 fully saturated rings. The van der Waals surface area contributed by atoms with Gasteiger partial charge < -0.3 is 15.1 Å². The topological polar surface area (TPSA) is 56.7 Å². The predicted molar refractivity (Wildman–Crippen MR) is 102 cm³/mol. The summed E-state index contributed by atoms with van der Waals surface area (Å²) in [5.41, 5.74) is -1.06. The first-order valence-electron chi connectivity index (χ1n) is 9.29. The molecule has 3 rings (SSSR count). The van der Waals surface area contributed by atoms with Gasteiger partial charge >= 0.3 is 6.18 Å². The van der Waals surface area contributed by atoms with E-state index in [-0.39, 0.29) is 12.1 Å². The normalized spacial score (nSPS) is 15.6. The molecular weight excluding hydrogens is 388 g/mol. The van der Waals surface area contributed by atoms with Crippen molar-refractivity contribution in [2.45, 2.75) is 19.6 Å². The molecule has 0 spiro atoms. The molecule has 0 aliphatic carbocycles.